The van der Waals surface area contributed by atoms with Crippen LogP contribution in [0.5, 0.6) is 0 Å². The van der Waals surface area contributed by atoms with Crippen LogP contribution >= 0.6 is 27.5 Å². The van der Waals surface area contributed by atoms with Gasteiger partial charge >= 0.3 is 0 Å². The normalized spacial score (nSPS) is 12.4. The van der Waals surface area contributed by atoms with Gasteiger partial charge in [0.1, 0.15) is 4.90 Å². The Morgan fingerprint density at radius 1 is 1.50 bits per heavy atom. The molecule has 1 rings (SSSR count). The van der Waals surface area contributed by atoms with Crippen LogP contribution in [0.15, 0.2) is 15.4 Å². The van der Waals surface area contributed by atoms with Gasteiger partial charge in [-0.05, 0) is 42.3 Å². The molecule has 0 aliphatic heterocycles. The summed E-state index contributed by atoms with van der Waals surface area (Å²) in [6.45, 7) is 5.61. The second kappa shape index (κ2) is 6.60. The number of rotatable bonds is 5. The monoisotopic (exact) mass is 386 g/mol. The standard InChI is InChI=1S/C12H17BrClFN2O2S/c1-4-5-17(7(2)3)20(18,19)9-6-8(14)10(13)12(16)11(9)15/h6-7H,4-5,16H2,1-3H3. The van der Waals surface area contributed by atoms with E-state index in [1.54, 1.807) is 13.8 Å². The Bertz CT molecular complexity index is 608. The van der Waals surface area contributed by atoms with Gasteiger partial charge in [0.25, 0.3) is 0 Å². The van der Waals surface area contributed by atoms with Crippen LogP contribution in [0.4, 0.5) is 10.1 Å². The number of hydrogen-bond donors (Lipinski definition) is 1. The molecule has 0 amide bonds. The van der Waals surface area contributed by atoms with E-state index in [4.69, 9.17) is 17.3 Å². The van der Waals surface area contributed by atoms with Crippen LogP contribution in [-0.4, -0.2) is 25.3 Å². The Morgan fingerprint density at radius 3 is 2.50 bits per heavy atom. The third-order valence-corrected chi connectivity index (χ3v) is 6.22. The van der Waals surface area contributed by atoms with Crippen molar-refractivity contribution < 1.29 is 12.8 Å². The summed E-state index contributed by atoms with van der Waals surface area (Å²) in [5.41, 5.74) is 5.23. The Labute approximate surface area is 132 Å². The zero-order valence-corrected chi connectivity index (χ0v) is 14.6. The zero-order valence-electron chi connectivity index (χ0n) is 11.5. The minimum Gasteiger partial charge on any atom is -0.395 e. The lowest BCUT2D eigenvalue weighted by Crippen LogP contribution is -2.38. The van der Waals surface area contributed by atoms with Crippen molar-refractivity contribution in [2.45, 2.75) is 38.1 Å². The molecule has 114 valence electrons. The predicted molar refractivity (Wildman–Crippen MR) is 82.8 cm³/mol. The molecule has 0 saturated heterocycles. The molecule has 1 aromatic rings. The van der Waals surface area contributed by atoms with Crippen LogP contribution in [-0.2, 0) is 10.0 Å². The van der Waals surface area contributed by atoms with Gasteiger partial charge in [0.2, 0.25) is 10.0 Å². The highest BCUT2D eigenvalue weighted by Gasteiger charge is 2.31. The average Bonchev–Trinajstić information content (AvgIpc) is 2.36. The van der Waals surface area contributed by atoms with Crippen LogP contribution in [0.25, 0.3) is 0 Å². The Kier molecular flexibility index (Phi) is 5.83. The summed E-state index contributed by atoms with van der Waals surface area (Å²) < 4.78 is 40.7. The maximum Gasteiger partial charge on any atom is 0.246 e. The summed E-state index contributed by atoms with van der Waals surface area (Å²) in [5.74, 6) is -0.983. The van der Waals surface area contributed by atoms with E-state index in [1.165, 1.54) is 4.31 Å². The molecule has 0 aromatic heterocycles. The predicted octanol–water partition coefficient (Wildman–Crippen LogP) is 3.63. The van der Waals surface area contributed by atoms with E-state index in [2.05, 4.69) is 15.9 Å². The highest BCUT2D eigenvalue weighted by Crippen LogP contribution is 2.36. The van der Waals surface area contributed by atoms with E-state index >= 15 is 0 Å². The molecule has 0 saturated carbocycles. The van der Waals surface area contributed by atoms with Gasteiger partial charge in [-0.1, -0.05) is 18.5 Å². The van der Waals surface area contributed by atoms with Crippen LogP contribution in [0.3, 0.4) is 0 Å². The van der Waals surface area contributed by atoms with Crippen molar-refractivity contribution in [3.05, 3.63) is 21.4 Å². The molecular weight excluding hydrogens is 371 g/mol. The number of benzene rings is 1. The quantitative estimate of drug-likeness (QED) is 0.620. The number of hydrogen-bond acceptors (Lipinski definition) is 3. The average molecular weight is 388 g/mol. The van der Waals surface area contributed by atoms with Crippen molar-refractivity contribution in [2.75, 3.05) is 12.3 Å². The Hall–Kier alpha value is -0.370. The minimum absolute atomic E-state index is 0.0580. The zero-order chi connectivity index (χ0) is 15.7. The molecule has 4 nitrogen and oxygen atoms in total. The van der Waals surface area contributed by atoms with Crippen molar-refractivity contribution in [3.63, 3.8) is 0 Å². The maximum absolute atomic E-state index is 14.2. The van der Waals surface area contributed by atoms with E-state index in [0.29, 0.717) is 13.0 Å². The number of nitrogen functional groups attached to an aromatic ring is 1. The van der Waals surface area contributed by atoms with Crippen molar-refractivity contribution >= 4 is 43.2 Å². The lowest BCUT2D eigenvalue weighted by atomic mass is 10.3. The molecule has 0 aliphatic rings. The van der Waals surface area contributed by atoms with Gasteiger partial charge < -0.3 is 5.73 Å². The van der Waals surface area contributed by atoms with Crippen molar-refractivity contribution in [2.24, 2.45) is 0 Å². The summed E-state index contributed by atoms with van der Waals surface area (Å²) >= 11 is 8.90. The van der Waals surface area contributed by atoms with Gasteiger partial charge in [-0.25, -0.2) is 12.8 Å². The van der Waals surface area contributed by atoms with Crippen molar-refractivity contribution in [1.82, 2.24) is 4.31 Å². The topological polar surface area (TPSA) is 63.4 Å². The van der Waals surface area contributed by atoms with Gasteiger partial charge in [0, 0.05) is 12.6 Å². The van der Waals surface area contributed by atoms with Gasteiger partial charge in [0.15, 0.2) is 5.82 Å². The molecule has 0 spiro atoms. The van der Waals surface area contributed by atoms with Gasteiger partial charge in [-0.2, -0.15) is 4.31 Å². The fourth-order valence-corrected chi connectivity index (χ4v) is 4.19. The lowest BCUT2D eigenvalue weighted by molar-refractivity contribution is 0.352. The largest absolute Gasteiger partial charge is 0.395 e. The van der Waals surface area contributed by atoms with E-state index < -0.39 is 20.7 Å². The molecule has 0 aliphatic carbocycles. The van der Waals surface area contributed by atoms with E-state index in [0.717, 1.165) is 6.07 Å². The molecule has 0 radical (unpaired) electrons. The summed E-state index contributed by atoms with van der Waals surface area (Å²) in [6.07, 6.45) is 0.624. The molecule has 8 heteroatoms. The number of sulfonamides is 1. The molecule has 20 heavy (non-hydrogen) atoms. The number of anilines is 1. The summed E-state index contributed by atoms with van der Waals surface area (Å²) in [5, 5.41) is 0.0580. The molecule has 1 aromatic carbocycles. The third-order valence-electron chi connectivity index (χ3n) is 2.76. The second-order valence-corrected chi connectivity index (χ2v) is 7.67. The first-order valence-corrected chi connectivity index (χ1v) is 8.70. The smallest absolute Gasteiger partial charge is 0.246 e. The lowest BCUT2D eigenvalue weighted by Gasteiger charge is -2.26. The van der Waals surface area contributed by atoms with Crippen molar-refractivity contribution in [3.8, 4) is 0 Å². The third kappa shape index (κ3) is 3.27. The van der Waals surface area contributed by atoms with E-state index in [-0.39, 0.29) is 21.2 Å². The Balaban J connectivity index is 3.50. The molecule has 0 atom stereocenters. The van der Waals surface area contributed by atoms with Crippen LogP contribution in [0.1, 0.15) is 27.2 Å². The summed E-state index contributed by atoms with van der Waals surface area (Å²) in [7, 11) is -3.98. The molecule has 0 fully saturated rings. The van der Waals surface area contributed by atoms with E-state index in [9.17, 15) is 12.8 Å². The van der Waals surface area contributed by atoms with Gasteiger partial charge in [0.05, 0.1) is 15.2 Å². The van der Waals surface area contributed by atoms with Crippen molar-refractivity contribution in [1.29, 1.82) is 0 Å². The highest BCUT2D eigenvalue weighted by molar-refractivity contribution is 9.10. The fraction of sp³-hybridized carbons (Fsp3) is 0.500. The molecular formula is C12H17BrClFN2O2S. The van der Waals surface area contributed by atoms with Crippen LogP contribution in [0, 0.1) is 5.82 Å². The van der Waals surface area contributed by atoms with Crippen LogP contribution < -0.4 is 5.73 Å². The van der Waals surface area contributed by atoms with Gasteiger partial charge in [-0.3, -0.25) is 0 Å². The fourth-order valence-electron chi connectivity index (χ4n) is 1.79. The minimum atomic E-state index is -3.98. The SMILES string of the molecule is CCCN(C(C)C)S(=O)(=O)c1cc(Cl)c(Br)c(N)c1F. The first-order valence-electron chi connectivity index (χ1n) is 6.09. The molecule has 0 heterocycles. The number of halogens is 3. The number of nitrogens with zero attached hydrogens (tertiary/aromatic N) is 1. The van der Waals surface area contributed by atoms with Gasteiger partial charge in [-0.15, -0.1) is 0 Å². The highest BCUT2D eigenvalue weighted by atomic mass is 79.9. The molecule has 0 bridgehead atoms. The Morgan fingerprint density at radius 2 is 2.05 bits per heavy atom. The van der Waals surface area contributed by atoms with E-state index in [1.807, 2.05) is 6.92 Å². The van der Waals surface area contributed by atoms with Crippen LogP contribution in [0.2, 0.25) is 5.02 Å². The second-order valence-electron chi connectivity index (χ2n) is 4.61. The first-order chi connectivity index (χ1) is 9.14. The number of nitrogens with two attached hydrogens (primary N) is 1. The summed E-state index contributed by atoms with van der Waals surface area (Å²) in [6, 6.07) is 0.792. The maximum atomic E-state index is 14.2. The molecule has 2 N–H and O–H groups in total. The molecule has 0 unspecified atom stereocenters. The summed E-state index contributed by atoms with van der Waals surface area (Å²) in [4.78, 5) is -0.495. The first kappa shape index (κ1) is 17.7.